The lowest BCUT2D eigenvalue weighted by atomic mass is 9.60. The minimum absolute atomic E-state index is 0.212. The predicted molar refractivity (Wildman–Crippen MR) is 121 cm³/mol. The summed E-state index contributed by atoms with van der Waals surface area (Å²) >= 11 is 0. The minimum atomic E-state index is 0.212. The molecule has 5 fully saturated rings. The van der Waals surface area contributed by atoms with E-state index in [2.05, 4.69) is 10.6 Å². The molecule has 29 heavy (non-hydrogen) atoms. The quantitative estimate of drug-likeness (QED) is 0.579. The zero-order valence-electron chi connectivity index (χ0n) is 18.6. The average molecular weight is 403 g/mol. The van der Waals surface area contributed by atoms with E-state index in [-0.39, 0.29) is 5.54 Å². The first kappa shape index (κ1) is 20.7. The Bertz CT molecular complexity index is 533. The summed E-state index contributed by atoms with van der Waals surface area (Å²) in [5.74, 6) is 3.51. The van der Waals surface area contributed by atoms with Gasteiger partial charge in [0.15, 0.2) is 0 Å². The van der Waals surface area contributed by atoms with Crippen molar-refractivity contribution in [3.63, 3.8) is 0 Å². The second kappa shape index (κ2) is 8.76. The van der Waals surface area contributed by atoms with Crippen molar-refractivity contribution >= 4 is 0 Å². The Morgan fingerprint density at radius 2 is 1.48 bits per heavy atom. The molecule has 6 N–H and O–H groups in total. The third-order valence-corrected chi connectivity index (χ3v) is 10.1. The van der Waals surface area contributed by atoms with Gasteiger partial charge in [-0.1, -0.05) is 32.1 Å². The number of fused-ring (bicyclic) bond motifs is 1. The molecule has 3 aliphatic carbocycles. The maximum atomic E-state index is 6.73. The SMILES string of the molecule is NCC1CCC2N[C@@H](C3CCC(C4(N)CCC4)CC3)C(C3CCCCC3)CC2N1. The van der Waals surface area contributed by atoms with Crippen LogP contribution in [0.2, 0.25) is 0 Å². The van der Waals surface area contributed by atoms with Crippen molar-refractivity contribution < 1.29 is 0 Å². The normalized spacial score (nSPS) is 45.9. The molecule has 3 saturated carbocycles. The predicted octanol–water partition coefficient (Wildman–Crippen LogP) is 3.68. The Morgan fingerprint density at radius 3 is 2.14 bits per heavy atom. The zero-order chi connectivity index (χ0) is 19.8. The molecule has 2 saturated heterocycles. The van der Waals surface area contributed by atoms with Crippen molar-refractivity contribution in [2.75, 3.05) is 6.54 Å². The first-order chi connectivity index (χ1) is 14.2. The standard InChI is InChI=1S/C25H46N4/c26-16-20-11-12-22-23(28-20)15-21(17-5-2-1-3-6-17)24(29-22)18-7-9-19(10-8-18)25(27)13-4-14-25/h17-24,28-29H,1-16,26-27H2/t18?,19?,20?,21?,22?,23?,24-/m0/s1. The molecular formula is C25H46N4. The van der Waals surface area contributed by atoms with Crippen LogP contribution >= 0.6 is 0 Å². The molecule has 5 rings (SSSR count). The van der Waals surface area contributed by atoms with Crippen LogP contribution in [0.25, 0.3) is 0 Å². The number of nitrogens with two attached hydrogens (primary N) is 2. The molecule has 2 heterocycles. The van der Waals surface area contributed by atoms with Crippen molar-refractivity contribution in [2.24, 2.45) is 35.1 Å². The van der Waals surface area contributed by atoms with E-state index in [4.69, 9.17) is 11.5 Å². The van der Waals surface area contributed by atoms with E-state index in [0.717, 1.165) is 36.3 Å². The maximum Gasteiger partial charge on any atom is 0.0227 e. The van der Waals surface area contributed by atoms with Crippen LogP contribution in [0.1, 0.15) is 96.3 Å². The van der Waals surface area contributed by atoms with Gasteiger partial charge in [-0.3, -0.25) is 0 Å². The topological polar surface area (TPSA) is 76.1 Å². The highest BCUT2D eigenvalue weighted by molar-refractivity contribution is 5.05. The molecule has 5 aliphatic rings. The zero-order valence-corrected chi connectivity index (χ0v) is 18.6. The van der Waals surface area contributed by atoms with Gasteiger partial charge in [-0.2, -0.15) is 0 Å². The van der Waals surface area contributed by atoms with E-state index < -0.39 is 0 Å². The highest BCUT2D eigenvalue weighted by Crippen LogP contribution is 2.48. The second-order valence-corrected chi connectivity index (χ2v) is 11.6. The monoisotopic (exact) mass is 402 g/mol. The van der Waals surface area contributed by atoms with E-state index >= 15 is 0 Å². The van der Waals surface area contributed by atoms with E-state index in [1.165, 1.54) is 96.3 Å². The minimum Gasteiger partial charge on any atom is -0.329 e. The lowest BCUT2D eigenvalue weighted by molar-refractivity contribution is 0.0296. The van der Waals surface area contributed by atoms with E-state index in [1.807, 2.05) is 0 Å². The van der Waals surface area contributed by atoms with E-state index in [9.17, 15) is 0 Å². The van der Waals surface area contributed by atoms with Crippen LogP contribution in [0.4, 0.5) is 0 Å². The number of rotatable bonds is 4. The van der Waals surface area contributed by atoms with Gasteiger partial charge in [-0.25, -0.2) is 0 Å². The Kier molecular flexibility index (Phi) is 6.26. The van der Waals surface area contributed by atoms with Crippen LogP contribution in [-0.2, 0) is 0 Å². The van der Waals surface area contributed by atoms with Crippen LogP contribution in [-0.4, -0.2) is 36.3 Å². The summed E-state index contributed by atoms with van der Waals surface area (Å²) in [5, 5.41) is 8.20. The fraction of sp³-hybridized carbons (Fsp3) is 1.00. The Labute approximate surface area is 178 Å². The third kappa shape index (κ3) is 4.16. The smallest absolute Gasteiger partial charge is 0.0227 e. The van der Waals surface area contributed by atoms with Gasteiger partial charge < -0.3 is 22.1 Å². The van der Waals surface area contributed by atoms with Crippen LogP contribution in [0, 0.1) is 23.7 Å². The van der Waals surface area contributed by atoms with E-state index in [1.54, 1.807) is 0 Å². The number of piperidine rings is 2. The summed E-state index contributed by atoms with van der Waals surface area (Å²) in [7, 11) is 0. The van der Waals surface area contributed by atoms with Crippen molar-refractivity contribution in [3.8, 4) is 0 Å². The molecule has 166 valence electrons. The van der Waals surface area contributed by atoms with Crippen LogP contribution in [0.3, 0.4) is 0 Å². The number of hydrogen-bond donors (Lipinski definition) is 4. The summed E-state index contributed by atoms with van der Waals surface area (Å²) < 4.78 is 0. The Hall–Kier alpha value is -0.160. The van der Waals surface area contributed by atoms with Crippen molar-refractivity contribution in [2.45, 2.75) is 126 Å². The average Bonchev–Trinajstić information content (AvgIpc) is 2.77. The third-order valence-electron chi connectivity index (χ3n) is 10.1. The molecule has 2 aliphatic heterocycles. The first-order valence-corrected chi connectivity index (χ1v) is 13.2. The van der Waals surface area contributed by atoms with Gasteiger partial charge in [0, 0.05) is 36.3 Å². The molecule has 4 unspecified atom stereocenters. The van der Waals surface area contributed by atoms with Crippen molar-refractivity contribution in [1.82, 2.24) is 10.6 Å². The van der Waals surface area contributed by atoms with Crippen molar-refractivity contribution in [3.05, 3.63) is 0 Å². The Morgan fingerprint density at radius 1 is 0.724 bits per heavy atom. The summed E-state index contributed by atoms with van der Waals surface area (Å²) in [6.45, 7) is 0.797. The summed E-state index contributed by atoms with van der Waals surface area (Å²) in [5.41, 5.74) is 13.0. The van der Waals surface area contributed by atoms with E-state index in [0.29, 0.717) is 18.1 Å². The summed E-state index contributed by atoms with van der Waals surface area (Å²) in [6, 6.07) is 2.62. The number of nitrogens with one attached hydrogen (secondary N) is 2. The summed E-state index contributed by atoms with van der Waals surface area (Å²) in [6.07, 6.45) is 20.8. The van der Waals surface area contributed by atoms with Crippen molar-refractivity contribution in [1.29, 1.82) is 0 Å². The van der Waals surface area contributed by atoms with Crippen LogP contribution < -0.4 is 22.1 Å². The Balaban J connectivity index is 1.27. The van der Waals surface area contributed by atoms with Gasteiger partial charge in [-0.05, 0) is 87.9 Å². The molecule has 0 amide bonds. The van der Waals surface area contributed by atoms with Gasteiger partial charge in [0.05, 0.1) is 0 Å². The highest BCUT2D eigenvalue weighted by atomic mass is 15.1. The largest absolute Gasteiger partial charge is 0.329 e. The molecular weight excluding hydrogens is 356 g/mol. The molecule has 0 aromatic rings. The van der Waals surface area contributed by atoms with Gasteiger partial charge in [-0.15, -0.1) is 0 Å². The van der Waals surface area contributed by atoms with Gasteiger partial charge in [0.1, 0.15) is 0 Å². The molecule has 0 spiro atoms. The van der Waals surface area contributed by atoms with Gasteiger partial charge in [0.25, 0.3) is 0 Å². The van der Waals surface area contributed by atoms with Gasteiger partial charge >= 0.3 is 0 Å². The first-order valence-electron chi connectivity index (χ1n) is 13.2. The van der Waals surface area contributed by atoms with Crippen LogP contribution in [0.15, 0.2) is 0 Å². The molecule has 5 atom stereocenters. The van der Waals surface area contributed by atoms with Gasteiger partial charge in [0.2, 0.25) is 0 Å². The lowest BCUT2D eigenvalue weighted by Gasteiger charge is -2.54. The summed E-state index contributed by atoms with van der Waals surface area (Å²) in [4.78, 5) is 0. The van der Waals surface area contributed by atoms with Crippen LogP contribution in [0.5, 0.6) is 0 Å². The molecule has 4 heteroatoms. The highest BCUT2D eigenvalue weighted by Gasteiger charge is 2.47. The fourth-order valence-electron chi connectivity index (χ4n) is 8.09. The lowest BCUT2D eigenvalue weighted by Crippen LogP contribution is -2.66. The molecule has 0 aromatic carbocycles. The molecule has 0 bridgehead atoms. The molecule has 4 nitrogen and oxygen atoms in total. The second-order valence-electron chi connectivity index (χ2n) is 11.6. The fourth-order valence-corrected chi connectivity index (χ4v) is 8.09. The molecule has 0 radical (unpaired) electrons. The maximum absolute atomic E-state index is 6.73. The molecule has 0 aromatic heterocycles. The number of hydrogen-bond acceptors (Lipinski definition) is 4.